The predicted octanol–water partition coefficient (Wildman–Crippen LogP) is -0.163. The molecule has 4 nitrogen and oxygen atoms in total. The molecule has 0 spiro atoms. The number of nitrogens with two attached hydrogens (primary N) is 1. The summed E-state index contributed by atoms with van der Waals surface area (Å²) in [5, 5.41) is 8.86. The maximum absolute atomic E-state index is 10.8. The van der Waals surface area contributed by atoms with E-state index < -0.39 is 11.5 Å². The van der Waals surface area contributed by atoms with Crippen molar-refractivity contribution in [3.8, 4) is 0 Å². The molecule has 5 heteroatoms. The maximum atomic E-state index is 10.8. The molecule has 1 unspecified atom stereocenters. The highest BCUT2D eigenvalue weighted by Crippen LogP contribution is 2.18. The standard InChI is InChI=1S/C8H16N2O2S/c1-13-5-4-10-3-2-8(9,6-10)7(11)12/h2-6,9H2,1H3,(H,11,12). The van der Waals surface area contributed by atoms with Crippen molar-refractivity contribution in [1.29, 1.82) is 0 Å². The molecule has 1 aliphatic heterocycles. The van der Waals surface area contributed by atoms with Crippen LogP contribution in [0.5, 0.6) is 0 Å². The fourth-order valence-electron chi connectivity index (χ4n) is 1.50. The summed E-state index contributed by atoms with van der Waals surface area (Å²) in [5.74, 6) is 0.162. The highest BCUT2D eigenvalue weighted by atomic mass is 32.2. The van der Waals surface area contributed by atoms with Gasteiger partial charge in [-0.15, -0.1) is 0 Å². The van der Waals surface area contributed by atoms with Gasteiger partial charge in [-0.05, 0) is 12.7 Å². The van der Waals surface area contributed by atoms with Crippen molar-refractivity contribution in [2.45, 2.75) is 12.0 Å². The third-order valence-electron chi connectivity index (χ3n) is 2.42. The topological polar surface area (TPSA) is 66.6 Å². The normalized spacial score (nSPS) is 29.4. The molecule has 0 bridgehead atoms. The van der Waals surface area contributed by atoms with Crippen LogP contribution in [0.4, 0.5) is 0 Å². The molecule has 76 valence electrons. The number of likely N-dealkylation sites (tertiary alicyclic amines) is 1. The van der Waals surface area contributed by atoms with Gasteiger partial charge < -0.3 is 10.8 Å². The zero-order valence-electron chi connectivity index (χ0n) is 7.82. The van der Waals surface area contributed by atoms with Gasteiger partial charge in [0.2, 0.25) is 0 Å². The number of carboxylic acids is 1. The molecule has 1 atom stereocenters. The average molecular weight is 204 g/mol. The molecule has 0 aliphatic carbocycles. The van der Waals surface area contributed by atoms with E-state index in [2.05, 4.69) is 4.90 Å². The molecule has 1 heterocycles. The Morgan fingerprint density at radius 1 is 1.77 bits per heavy atom. The molecular formula is C8H16N2O2S. The third-order valence-corrected chi connectivity index (χ3v) is 3.01. The van der Waals surface area contributed by atoms with Crippen LogP contribution in [-0.2, 0) is 4.79 Å². The van der Waals surface area contributed by atoms with Gasteiger partial charge in [-0.2, -0.15) is 11.8 Å². The SMILES string of the molecule is CSCCN1CCC(N)(C(=O)O)C1. The second-order valence-electron chi connectivity index (χ2n) is 3.48. The van der Waals surface area contributed by atoms with E-state index in [0.29, 0.717) is 13.0 Å². The molecule has 0 amide bonds. The van der Waals surface area contributed by atoms with Crippen LogP contribution in [-0.4, -0.2) is 53.2 Å². The number of thioether (sulfide) groups is 1. The Morgan fingerprint density at radius 2 is 2.46 bits per heavy atom. The van der Waals surface area contributed by atoms with Gasteiger partial charge >= 0.3 is 5.97 Å². The lowest BCUT2D eigenvalue weighted by Gasteiger charge is -2.19. The number of carbonyl (C=O) groups is 1. The Bertz CT molecular complexity index is 201. The van der Waals surface area contributed by atoms with Crippen LogP contribution in [0.2, 0.25) is 0 Å². The first kappa shape index (κ1) is 10.8. The van der Waals surface area contributed by atoms with Gasteiger partial charge in [0.25, 0.3) is 0 Å². The second kappa shape index (κ2) is 4.30. The summed E-state index contributed by atoms with van der Waals surface area (Å²) in [6.07, 6.45) is 2.61. The molecule has 0 saturated carbocycles. The van der Waals surface area contributed by atoms with Crippen molar-refractivity contribution in [2.75, 3.05) is 31.6 Å². The number of hydrogen-bond acceptors (Lipinski definition) is 4. The molecular weight excluding hydrogens is 188 g/mol. The van der Waals surface area contributed by atoms with Crippen LogP contribution >= 0.6 is 11.8 Å². The minimum Gasteiger partial charge on any atom is -0.480 e. The van der Waals surface area contributed by atoms with Crippen LogP contribution in [0.25, 0.3) is 0 Å². The number of carboxylic acid groups (broad SMARTS) is 1. The number of aliphatic carboxylic acids is 1. The molecule has 0 aromatic carbocycles. The molecule has 13 heavy (non-hydrogen) atoms. The van der Waals surface area contributed by atoms with E-state index in [0.717, 1.165) is 18.8 Å². The fourth-order valence-corrected chi connectivity index (χ4v) is 1.94. The van der Waals surface area contributed by atoms with Crippen LogP contribution in [0, 0.1) is 0 Å². The molecule has 3 N–H and O–H groups in total. The molecule has 0 aromatic rings. The second-order valence-corrected chi connectivity index (χ2v) is 4.47. The van der Waals surface area contributed by atoms with Gasteiger partial charge in [-0.1, -0.05) is 0 Å². The summed E-state index contributed by atoms with van der Waals surface area (Å²) in [6, 6.07) is 0. The van der Waals surface area contributed by atoms with E-state index in [4.69, 9.17) is 10.8 Å². The van der Waals surface area contributed by atoms with Crippen LogP contribution in [0.15, 0.2) is 0 Å². The summed E-state index contributed by atoms with van der Waals surface area (Å²) >= 11 is 1.77. The predicted molar refractivity (Wildman–Crippen MR) is 54.0 cm³/mol. The molecule has 1 rings (SSSR count). The lowest BCUT2D eigenvalue weighted by atomic mass is 10.0. The average Bonchev–Trinajstić information content (AvgIpc) is 2.45. The van der Waals surface area contributed by atoms with E-state index in [9.17, 15) is 4.79 Å². The van der Waals surface area contributed by atoms with E-state index >= 15 is 0 Å². The number of rotatable bonds is 4. The van der Waals surface area contributed by atoms with Crippen molar-refractivity contribution in [2.24, 2.45) is 5.73 Å². The molecule has 0 aromatic heterocycles. The molecule has 1 fully saturated rings. The fraction of sp³-hybridized carbons (Fsp3) is 0.875. The lowest BCUT2D eigenvalue weighted by Crippen LogP contribution is -2.50. The number of nitrogens with zero attached hydrogens (tertiary/aromatic N) is 1. The molecule has 0 radical (unpaired) electrons. The van der Waals surface area contributed by atoms with Crippen LogP contribution in [0.1, 0.15) is 6.42 Å². The minimum atomic E-state index is -1.00. The Labute approximate surface area is 82.5 Å². The van der Waals surface area contributed by atoms with E-state index in [1.165, 1.54) is 0 Å². The van der Waals surface area contributed by atoms with Gasteiger partial charge in [0.1, 0.15) is 5.54 Å². The van der Waals surface area contributed by atoms with Gasteiger partial charge in [-0.25, -0.2) is 0 Å². The summed E-state index contributed by atoms with van der Waals surface area (Å²) in [7, 11) is 0. The van der Waals surface area contributed by atoms with Crippen LogP contribution in [0.3, 0.4) is 0 Å². The van der Waals surface area contributed by atoms with Gasteiger partial charge in [0, 0.05) is 25.4 Å². The van der Waals surface area contributed by atoms with Crippen molar-refractivity contribution in [3.05, 3.63) is 0 Å². The largest absolute Gasteiger partial charge is 0.480 e. The molecule has 1 saturated heterocycles. The Kier molecular flexibility index (Phi) is 3.58. The van der Waals surface area contributed by atoms with Gasteiger partial charge in [-0.3, -0.25) is 9.69 Å². The van der Waals surface area contributed by atoms with Crippen molar-refractivity contribution < 1.29 is 9.90 Å². The maximum Gasteiger partial charge on any atom is 0.325 e. The Balaban J connectivity index is 2.39. The Morgan fingerprint density at radius 3 is 2.92 bits per heavy atom. The smallest absolute Gasteiger partial charge is 0.325 e. The zero-order chi connectivity index (χ0) is 9.90. The van der Waals surface area contributed by atoms with Crippen molar-refractivity contribution >= 4 is 17.7 Å². The monoisotopic (exact) mass is 204 g/mol. The highest BCUT2D eigenvalue weighted by Gasteiger charge is 2.40. The zero-order valence-corrected chi connectivity index (χ0v) is 8.64. The quantitative estimate of drug-likeness (QED) is 0.666. The number of hydrogen-bond donors (Lipinski definition) is 2. The summed E-state index contributed by atoms with van der Waals surface area (Å²) in [6.45, 7) is 2.24. The molecule has 1 aliphatic rings. The van der Waals surface area contributed by atoms with Gasteiger partial charge in [0.15, 0.2) is 0 Å². The summed E-state index contributed by atoms with van der Waals surface area (Å²) in [5.41, 5.74) is 4.71. The highest BCUT2D eigenvalue weighted by molar-refractivity contribution is 7.98. The lowest BCUT2D eigenvalue weighted by molar-refractivity contribution is -0.142. The minimum absolute atomic E-state index is 0.489. The van der Waals surface area contributed by atoms with Crippen LogP contribution < -0.4 is 5.73 Å². The van der Waals surface area contributed by atoms with E-state index in [1.54, 1.807) is 11.8 Å². The summed E-state index contributed by atoms with van der Waals surface area (Å²) < 4.78 is 0. The van der Waals surface area contributed by atoms with Crippen molar-refractivity contribution in [1.82, 2.24) is 4.90 Å². The summed E-state index contributed by atoms with van der Waals surface area (Å²) in [4.78, 5) is 12.9. The van der Waals surface area contributed by atoms with Gasteiger partial charge in [0.05, 0.1) is 0 Å². The van der Waals surface area contributed by atoms with E-state index in [1.807, 2.05) is 6.26 Å². The first-order valence-electron chi connectivity index (χ1n) is 4.32. The van der Waals surface area contributed by atoms with Crippen molar-refractivity contribution in [3.63, 3.8) is 0 Å². The third kappa shape index (κ3) is 2.59. The Hall–Kier alpha value is -0.260. The first-order valence-corrected chi connectivity index (χ1v) is 5.71. The van der Waals surface area contributed by atoms with E-state index in [-0.39, 0.29) is 0 Å². The first-order chi connectivity index (χ1) is 6.08.